The summed E-state index contributed by atoms with van der Waals surface area (Å²) in [5.41, 5.74) is 0.820. The molecule has 0 aliphatic carbocycles. The fourth-order valence-electron chi connectivity index (χ4n) is 3.44. The highest BCUT2D eigenvalue weighted by atomic mass is 32.2. The van der Waals surface area contributed by atoms with Gasteiger partial charge in [-0.05, 0) is 65.9 Å². The number of halogens is 1. The fourth-order valence-corrected chi connectivity index (χ4v) is 4.86. The number of aromatic nitrogens is 4. The molecule has 0 unspecified atom stereocenters. The van der Waals surface area contributed by atoms with Gasteiger partial charge in [0, 0.05) is 26.2 Å². The number of nitrogens with zero attached hydrogens (tertiary/aromatic N) is 6. The molecule has 0 atom stereocenters. The first-order chi connectivity index (χ1) is 15.0. The molecule has 0 amide bonds. The monoisotopic (exact) mass is 446 g/mol. The molecule has 1 fully saturated rings. The normalized spacial score (nSPS) is 15.8. The second-order valence-electron chi connectivity index (χ2n) is 7.07. The smallest absolute Gasteiger partial charge is 0.243 e. The van der Waals surface area contributed by atoms with Gasteiger partial charge in [-0.3, -0.25) is 4.90 Å². The van der Waals surface area contributed by atoms with E-state index in [1.54, 1.807) is 4.68 Å². The Bertz CT molecular complexity index is 1110. The fraction of sp³-hybridized carbons (Fsp3) is 0.350. The molecule has 0 spiro atoms. The van der Waals surface area contributed by atoms with Crippen LogP contribution in [-0.2, 0) is 16.6 Å². The number of hydrogen-bond donors (Lipinski definition) is 0. The van der Waals surface area contributed by atoms with Gasteiger partial charge in [0.1, 0.15) is 11.6 Å². The van der Waals surface area contributed by atoms with Crippen LogP contribution in [0.1, 0.15) is 12.7 Å². The van der Waals surface area contributed by atoms with E-state index in [-0.39, 0.29) is 4.90 Å². The van der Waals surface area contributed by atoms with Crippen molar-refractivity contribution in [3.8, 4) is 11.4 Å². The number of rotatable bonds is 7. The zero-order valence-corrected chi connectivity index (χ0v) is 17.9. The molecule has 0 radical (unpaired) electrons. The van der Waals surface area contributed by atoms with E-state index < -0.39 is 15.8 Å². The average Bonchev–Trinajstić information content (AvgIpc) is 3.23. The summed E-state index contributed by atoms with van der Waals surface area (Å²) in [6, 6.07) is 12.4. The maximum absolute atomic E-state index is 13.1. The van der Waals surface area contributed by atoms with E-state index in [4.69, 9.17) is 4.74 Å². The lowest BCUT2D eigenvalue weighted by molar-refractivity contribution is 0.177. The predicted molar refractivity (Wildman–Crippen MR) is 111 cm³/mol. The number of sulfonamides is 1. The van der Waals surface area contributed by atoms with Crippen molar-refractivity contribution in [3.05, 3.63) is 60.2 Å². The van der Waals surface area contributed by atoms with Crippen LogP contribution in [0.5, 0.6) is 5.75 Å². The highest BCUT2D eigenvalue weighted by molar-refractivity contribution is 7.89. The van der Waals surface area contributed by atoms with Gasteiger partial charge < -0.3 is 4.74 Å². The van der Waals surface area contributed by atoms with Crippen LogP contribution in [0.2, 0.25) is 0 Å². The molecule has 0 N–H and O–H groups in total. The topological polar surface area (TPSA) is 93.4 Å². The van der Waals surface area contributed by atoms with Gasteiger partial charge in [0.25, 0.3) is 0 Å². The molecule has 0 saturated carbocycles. The highest BCUT2D eigenvalue weighted by Gasteiger charge is 2.29. The first-order valence-electron chi connectivity index (χ1n) is 9.96. The van der Waals surface area contributed by atoms with Gasteiger partial charge >= 0.3 is 0 Å². The zero-order valence-electron chi connectivity index (χ0n) is 17.1. The van der Waals surface area contributed by atoms with Gasteiger partial charge in [-0.15, -0.1) is 5.10 Å². The van der Waals surface area contributed by atoms with Crippen LogP contribution < -0.4 is 4.74 Å². The van der Waals surface area contributed by atoms with Gasteiger partial charge in [0.15, 0.2) is 5.82 Å². The SMILES string of the molecule is CCOc1ccc(-n2nnnc2CN2CCN(S(=O)(=O)c3ccc(F)cc3)CC2)cc1. The van der Waals surface area contributed by atoms with Crippen molar-refractivity contribution in [2.24, 2.45) is 0 Å². The lowest BCUT2D eigenvalue weighted by Crippen LogP contribution is -2.48. The second-order valence-corrected chi connectivity index (χ2v) is 9.01. The molecule has 0 bridgehead atoms. The number of hydrogen-bond acceptors (Lipinski definition) is 7. The molecular formula is C20H23FN6O3S. The van der Waals surface area contributed by atoms with Crippen LogP contribution in [0.4, 0.5) is 4.39 Å². The number of piperazine rings is 1. The summed E-state index contributed by atoms with van der Waals surface area (Å²) in [7, 11) is -3.64. The molecule has 1 saturated heterocycles. The van der Waals surface area contributed by atoms with E-state index in [2.05, 4.69) is 20.4 Å². The molecule has 11 heteroatoms. The quantitative estimate of drug-likeness (QED) is 0.545. The summed E-state index contributed by atoms with van der Waals surface area (Å²) in [5.74, 6) is 0.979. The molecule has 1 aliphatic heterocycles. The molecule has 1 aromatic heterocycles. The lowest BCUT2D eigenvalue weighted by Gasteiger charge is -2.33. The minimum atomic E-state index is -3.64. The van der Waals surface area contributed by atoms with E-state index in [0.29, 0.717) is 45.2 Å². The molecule has 3 aromatic rings. The largest absolute Gasteiger partial charge is 0.494 e. The van der Waals surface area contributed by atoms with E-state index >= 15 is 0 Å². The summed E-state index contributed by atoms with van der Waals surface area (Å²) in [5, 5.41) is 12.0. The third kappa shape index (κ3) is 4.73. The van der Waals surface area contributed by atoms with Crippen LogP contribution in [0.25, 0.3) is 5.69 Å². The first-order valence-corrected chi connectivity index (χ1v) is 11.4. The molecule has 31 heavy (non-hydrogen) atoms. The van der Waals surface area contributed by atoms with Crippen LogP contribution in [-0.4, -0.2) is 70.6 Å². The van der Waals surface area contributed by atoms with Gasteiger partial charge in [-0.25, -0.2) is 12.8 Å². The summed E-state index contributed by atoms with van der Waals surface area (Å²) in [4.78, 5) is 2.20. The van der Waals surface area contributed by atoms with Crippen LogP contribution in [0.15, 0.2) is 53.4 Å². The van der Waals surface area contributed by atoms with E-state index in [9.17, 15) is 12.8 Å². The maximum Gasteiger partial charge on any atom is 0.243 e. The third-order valence-electron chi connectivity index (χ3n) is 5.07. The van der Waals surface area contributed by atoms with Gasteiger partial charge in [-0.2, -0.15) is 8.99 Å². The lowest BCUT2D eigenvalue weighted by atomic mass is 10.3. The van der Waals surface area contributed by atoms with Crippen molar-refractivity contribution in [2.75, 3.05) is 32.8 Å². The van der Waals surface area contributed by atoms with E-state index in [1.807, 2.05) is 31.2 Å². The Morgan fingerprint density at radius 3 is 2.32 bits per heavy atom. The minimum Gasteiger partial charge on any atom is -0.494 e. The third-order valence-corrected chi connectivity index (χ3v) is 6.99. The van der Waals surface area contributed by atoms with Crippen molar-refractivity contribution in [1.82, 2.24) is 29.4 Å². The minimum absolute atomic E-state index is 0.0989. The van der Waals surface area contributed by atoms with Crippen molar-refractivity contribution in [1.29, 1.82) is 0 Å². The van der Waals surface area contributed by atoms with Crippen molar-refractivity contribution >= 4 is 10.0 Å². The molecule has 1 aliphatic rings. The summed E-state index contributed by atoms with van der Waals surface area (Å²) in [6.07, 6.45) is 0. The van der Waals surface area contributed by atoms with Crippen molar-refractivity contribution < 1.29 is 17.5 Å². The molecule has 2 aromatic carbocycles. The Labute approximate surface area is 180 Å². The molecule has 9 nitrogen and oxygen atoms in total. The molecule has 164 valence electrons. The average molecular weight is 447 g/mol. The number of tetrazole rings is 1. The summed E-state index contributed by atoms with van der Waals surface area (Å²) in [6.45, 7) is 4.77. The standard InChI is InChI=1S/C20H23FN6O3S/c1-2-30-18-7-5-17(6-8-18)27-20(22-23-24-27)15-25-11-13-26(14-12-25)31(28,29)19-9-3-16(21)4-10-19/h3-10H,2,11-15H2,1H3. The van der Waals surface area contributed by atoms with E-state index in [1.165, 1.54) is 16.4 Å². The maximum atomic E-state index is 13.1. The Kier molecular flexibility index (Phi) is 6.25. The number of benzene rings is 2. The predicted octanol–water partition coefficient (Wildman–Crippen LogP) is 1.71. The Hall–Kier alpha value is -2.89. The van der Waals surface area contributed by atoms with Gasteiger partial charge in [-0.1, -0.05) is 0 Å². The van der Waals surface area contributed by atoms with Crippen molar-refractivity contribution in [3.63, 3.8) is 0 Å². The second kappa shape index (κ2) is 9.08. The summed E-state index contributed by atoms with van der Waals surface area (Å²) < 4.78 is 47.2. The Balaban J connectivity index is 1.40. The number of ether oxygens (including phenoxy) is 1. The van der Waals surface area contributed by atoms with Gasteiger partial charge in [0.05, 0.1) is 23.7 Å². The highest BCUT2D eigenvalue weighted by Crippen LogP contribution is 2.20. The first kappa shape index (κ1) is 21.3. The van der Waals surface area contributed by atoms with Crippen LogP contribution in [0.3, 0.4) is 0 Å². The summed E-state index contributed by atoms with van der Waals surface area (Å²) >= 11 is 0. The molecule has 2 heterocycles. The Morgan fingerprint density at radius 2 is 1.68 bits per heavy atom. The zero-order chi connectivity index (χ0) is 21.8. The van der Waals surface area contributed by atoms with Crippen LogP contribution >= 0.6 is 0 Å². The Morgan fingerprint density at radius 1 is 1.00 bits per heavy atom. The molecule has 4 rings (SSSR count). The van der Waals surface area contributed by atoms with Crippen molar-refractivity contribution in [2.45, 2.75) is 18.4 Å². The molecular weight excluding hydrogens is 423 g/mol. The van der Waals surface area contributed by atoms with Gasteiger partial charge in [0.2, 0.25) is 10.0 Å². The van der Waals surface area contributed by atoms with E-state index in [0.717, 1.165) is 23.6 Å². The van der Waals surface area contributed by atoms with Crippen LogP contribution in [0, 0.1) is 5.82 Å².